The van der Waals surface area contributed by atoms with Gasteiger partial charge in [-0.15, -0.1) is 0 Å². The highest BCUT2D eigenvalue weighted by Gasteiger charge is 2.39. The van der Waals surface area contributed by atoms with Crippen LogP contribution in [0.5, 0.6) is 0 Å². The van der Waals surface area contributed by atoms with Gasteiger partial charge in [-0.2, -0.15) is 13.2 Å². The molecule has 0 radical (unpaired) electrons. The van der Waals surface area contributed by atoms with Crippen molar-refractivity contribution in [2.75, 3.05) is 13.1 Å². The first-order chi connectivity index (χ1) is 16.9. The van der Waals surface area contributed by atoms with Gasteiger partial charge >= 0.3 is 6.18 Å². The van der Waals surface area contributed by atoms with Gasteiger partial charge in [-0.05, 0) is 80.9 Å². The van der Waals surface area contributed by atoms with Gasteiger partial charge in [0, 0.05) is 23.2 Å². The van der Waals surface area contributed by atoms with E-state index in [1.807, 2.05) is 24.3 Å². The van der Waals surface area contributed by atoms with Crippen LogP contribution in [0.25, 0.3) is 0 Å². The maximum Gasteiger partial charge on any atom is 0.416 e. The summed E-state index contributed by atoms with van der Waals surface area (Å²) in [4.78, 5) is 11.8. The number of likely N-dealkylation sites (tertiary alicyclic amines) is 1. The summed E-state index contributed by atoms with van der Waals surface area (Å²) < 4.78 is 67.7. The summed E-state index contributed by atoms with van der Waals surface area (Å²) in [7, 11) is -4.40. The Bertz CT molecular complexity index is 1200. The van der Waals surface area contributed by atoms with E-state index in [2.05, 4.69) is 9.62 Å². The van der Waals surface area contributed by atoms with Gasteiger partial charge in [-0.1, -0.05) is 30.2 Å². The number of hydrogen-bond acceptors (Lipinski definition) is 5. The van der Waals surface area contributed by atoms with Crippen LogP contribution in [0.3, 0.4) is 0 Å². The van der Waals surface area contributed by atoms with Crippen molar-refractivity contribution in [1.29, 1.82) is 0 Å². The van der Waals surface area contributed by atoms with Crippen LogP contribution in [0.2, 0.25) is 5.02 Å². The van der Waals surface area contributed by atoms with Crippen molar-refractivity contribution in [2.45, 2.75) is 61.7 Å². The van der Waals surface area contributed by atoms with E-state index in [1.165, 1.54) is 5.56 Å². The van der Waals surface area contributed by atoms with Crippen LogP contribution in [0.4, 0.5) is 18.9 Å². The second-order valence-electron chi connectivity index (χ2n) is 9.47. The summed E-state index contributed by atoms with van der Waals surface area (Å²) in [5.74, 6) is 0.508. The molecule has 2 aromatic rings. The zero-order valence-electron chi connectivity index (χ0n) is 19.4. The predicted molar refractivity (Wildman–Crippen MR) is 129 cm³/mol. The Labute approximate surface area is 212 Å². The van der Waals surface area contributed by atoms with Crippen molar-refractivity contribution in [3.05, 3.63) is 68.7 Å². The van der Waals surface area contributed by atoms with Crippen molar-refractivity contribution in [3.63, 3.8) is 0 Å². The molecule has 7 nitrogen and oxygen atoms in total. The van der Waals surface area contributed by atoms with Gasteiger partial charge in [-0.3, -0.25) is 15.0 Å². The fourth-order valence-corrected chi connectivity index (χ4v) is 6.87. The highest BCUT2D eigenvalue weighted by atomic mass is 35.5. The number of rotatable bonds is 7. The molecule has 0 bridgehead atoms. The summed E-state index contributed by atoms with van der Waals surface area (Å²) in [6, 6.07) is 8.76. The van der Waals surface area contributed by atoms with Crippen molar-refractivity contribution in [1.82, 2.24) is 9.62 Å². The number of benzene rings is 2. The van der Waals surface area contributed by atoms with Gasteiger partial charge in [0.1, 0.15) is 0 Å². The average molecular weight is 546 g/mol. The molecule has 2 aliphatic rings. The van der Waals surface area contributed by atoms with E-state index in [9.17, 15) is 31.7 Å². The molecule has 2 unspecified atom stereocenters. The summed E-state index contributed by atoms with van der Waals surface area (Å²) in [6.07, 6.45) is 0.177. The van der Waals surface area contributed by atoms with E-state index in [4.69, 9.17) is 11.6 Å². The molecule has 2 aromatic carbocycles. The van der Waals surface area contributed by atoms with Crippen LogP contribution in [-0.2, 0) is 22.6 Å². The van der Waals surface area contributed by atoms with Gasteiger partial charge in [0.25, 0.3) is 5.69 Å². The average Bonchev–Trinajstić information content (AvgIpc) is 3.27. The van der Waals surface area contributed by atoms with Crippen molar-refractivity contribution in [3.8, 4) is 0 Å². The van der Waals surface area contributed by atoms with Crippen LogP contribution in [0.1, 0.15) is 43.2 Å². The first-order valence-corrected chi connectivity index (χ1v) is 13.7. The smallest absolute Gasteiger partial charge is 0.299 e. The van der Waals surface area contributed by atoms with Gasteiger partial charge in [0.2, 0.25) is 10.0 Å². The zero-order chi connectivity index (χ0) is 26.1. The number of halogens is 4. The second kappa shape index (κ2) is 10.6. The second-order valence-corrected chi connectivity index (χ2v) is 11.6. The van der Waals surface area contributed by atoms with Crippen LogP contribution < -0.4 is 4.72 Å². The molecule has 1 N–H and O–H groups in total. The van der Waals surface area contributed by atoms with Gasteiger partial charge in [0.15, 0.2) is 4.90 Å². The topological polar surface area (TPSA) is 92.5 Å². The number of alkyl halides is 3. The number of hydrogen-bond donors (Lipinski definition) is 1. The van der Waals surface area contributed by atoms with Gasteiger partial charge < -0.3 is 0 Å². The lowest BCUT2D eigenvalue weighted by Gasteiger charge is -2.38. The molecule has 1 saturated carbocycles. The Morgan fingerprint density at radius 1 is 1.06 bits per heavy atom. The Morgan fingerprint density at radius 2 is 1.72 bits per heavy atom. The number of piperidine rings is 1. The minimum Gasteiger partial charge on any atom is -0.299 e. The number of nitro groups is 1. The third-order valence-electron chi connectivity index (χ3n) is 7.11. The summed E-state index contributed by atoms with van der Waals surface area (Å²) in [5.41, 5.74) is -1.13. The standard InChI is InChI=1S/C24H27ClF3N3O4S/c25-19-7-4-16(5-8-19)14-17-10-12-30(13-11-17)21-3-1-2-20(21)29-36(34,35)23-9-6-18(24(26,27)28)15-22(23)31(32)33/h4-9,15,17,20-21,29H,1-3,10-14H2. The molecule has 196 valence electrons. The molecular weight excluding hydrogens is 519 g/mol. The molecule has 0 spiro atoms. The van der Waals surface area contributed by atoms with Gasteiger partial charge in [-0.25, -0.2) is 13.1 Å². The third-order valence-corrected chi connectivity index (χ3v) is 8.90. The van der Waals surface area contributed by atoms with Crippen LogP contribution >= 0.6 is 11.6 Å². The molecule has 2 atom stereocenters. The minimum atomic E-state index is -4.82. The monoisotopic (exact) mass is 545 g/mol. The van der Waals surface area contributed by atoms with E-state index < -0.39 is 43.3 Å². The van der Waals surface area contributed by atoms with E-state index in [0.29, 0.717) is 29.5 Å². The van der Waals surface area contributed by atoms with Crippen molar-refractivity contribution < 1.29 is 26.5 Å². The summed E-state index contributed by atoms with van der Waals surface area (Å²) in [5, 5.41) is 12.1. The van der Waals surface area contributed by atoms with Gasteiger partial charge in [0.05, 0.1) is 10.5 Å². The molecule has 0 aromatic heterocycles. The lowest BCUT2D eigenvalue weighted by molar-refractivity contribution is -0.388. The first kappa shape index (κ1) is 26.8. The largest absolute Gasteiger partial charge is 0.416 e. The molecule has 4 rings (SSSR count). The molecular formula is C24H27ClF3N3O4S. The molecule has 1 aliphatic carbocycles. The van der Waals surface area contributed by atoms with Crippen LogP contribution in [0, 0.1) is 16.0 Å². The maximum absolute atomic E-state index is 13.1. The lowest BCUT2D eigenvalue weighted by atomic mass is 9.89. The highest BCUT2D eigenvalue weighted by Crippen LogP contribution is 2.36. The number of nitrogens with one attached hydrogen (secondary N) is 1. The predicted octanol–water partition coefficient (Wildman–Crippen LogP) is 5.42. The number of sulfonamides is 1. The molecule has 12 heteroatoms. The van der Waals surface area contributed by atoms with E-state index in [0.717, 1.165) is 45.2 Å². The highest BCUT2D eigenvalue weighted by molar-refractivity contribution is 7.89. The molecule has 2 fully saturated rings. The zero-order valence-corrected chi connectivity index (χ0v) is 21.0. The molecule has 36 heavy (non-hydrogen) atoms. The molecule has 1 heterocycles. The maximum atomic E-state index is 13.1. The Balaban J connectivity index is 1.43. The third kappa shape index (κ3) is 6.19. The Morgan fingerprint density at radius 3 is 2.33 bits per heavy atom. The van der Waals surface area contributed by atoms with Crippen molar-refractivity contribution in [2.24, 2.45) is 5.92 Å². The van der Waals surface area contributed by atoms with Crippen LogP contribution in [0.15, 0.2) is 47.4 Å². The minimum absolute atomic E-state index is 0.0650. The lowest BCUT2D eigenvalue weighted by Crippen LogP contribution is -2.51. The molecule has 1 aliphatic heterocycles. The van der Waals surface area contributed by atoms with E-state index in [1.54, 1.807) is 0 Å². The molecule has 0 amide bonds. The van der Waals surface area contributed by atoms with E-state index in [-0.39, 0.29) is 12.1 Å². The summed E-state index contributed by atoms with van der Waals surface area (Å²) in [6.45, 7) is 1.61. The molecule has 1 saturated heterocycles. The fourth-order valence-electron chi connectivity index (χ4n) is 5.28. The SMILES string of the molecule is O=[N+]([O-])c1cc(C(F)(F)F)ccc1S(=O)(=O)NC1CCCC1N1CCC(Cc2ccc(Cl)cc2)CC1. The Hall–Kier alpha value is -2.21. The number of nitrogens with zero attached hydrogens (tertiary/aromatic N) is 2. The fraction of sp³-hybridized carbons (Fsp3) is 0.500. The Kier molecular flexibility index (Phi) is 7.94. The number of nitro benzene ring substituents is 1. The quantitative estimate of drug-likeness (QED) is 0.370. The normalized spacial score (nSPS) is 22.1. The van der Waals surface area contributed by atoms with Crippen LogP contribution in [-0.4, -0.2) is 43.4 Å². The van der Waals surface area contributed by atoms with E-state index >= 15 is 0 Å². The summed E-state index contributed by atoms with van der Waals surface area (Å²) >= 11 is 5.96. The first-order valence-electron chi connectivity index (χ1n) is 11.8. The van der Waals surface area contributed by atoms with Crippen molar-refractivity contribution >= 4 is 27.3 Å².